The molecule has 0 radical (unpaired) electrons. The lowest BCUT2D eigenvalue weighted by Gasteiger charge is -2.36. The number of hydrogen-bond donors (Lipinski definition) is 1. The van der Waals surface area contributed by atoms with Gasteiger partial charge in [0.25, 0.3) is 0 Å². The summed E-state index contributed by atoms with van der Waals surface area (Å²) >= 11 is 0. The number of carboxylic acids is 1. The number of hydrogen-bond acceptors (Lipinski definition) is 3. The fraction of sp³-hybridized carbons (Fsp3) is 0.533. The van der Waals surface area contributed by atoms with Crippen molar-refractivity contribution in [1.29, 1.82) is 0 Å². The Kier molecular flexibility index (Phi) is 4.43. The third kappa shape index (κ3) is 3.47. The normalized spacial score (nSPS) is 25.1. The van der Waals surface area contributed by atoms with Crippen LogP contribution in [0, 0.1) is 0 Å². The maximum absolute atomic E-state index is 11.1. The van der Waals surface area contributed by atoms with E-state index in [1.807, 2.05) is 18.2 Å². The SMILES string of the molecule is CC1CCN(C)CC(CC(=O)O)N1c1ccccc1. The van der Waals surface area contributed by atoms with Gasteiger partial charge in [-0.05, 0) is 39.1 Å². The zero-order valence-corrected chi connectivity index (χ0v) is 11.6. The van der Waals surface area contributed by atoms with Gasteiger partial charge in [-0.2, -0.15) is 0 Å². The van der Waals surface area contributed by atoms with Gasteiger partial charge in [0, 0.05) is 18.3 Å². The summed E-state index contributed by atoms with van der Waals surface area (Å²) in [5, 5.41) is 9.15. The van der Waals surface area contributed by atoms with Gasteiger partial charge in [0.05, 0.1) is 12.5 Å². The lowest BCUT2D eigenvalue weighted by atomic mass is 10.1. The van der Waals surface area contributed by atoms with Crippen LogP contribution in [-0.4, -0.2) is 48.2 Å². The zero-order valence-electron chi connectivity index (χ0n) is 11.6. The molecule has 2 unspecified atom stereocenters. The number of para-hydroxylation sites is 1. The van der Waals surface area contributed by atoms with Gasteiger partial charge in [0.15, 0.2) is 0 Å². The average molecular weight is 262 g/mol. The van der Waals surface area contributed by atoms with E-state index in [0.717, 1.165) is 25.2 Å². The standard InChI is InChI=1S/C15H22N2O2/c1-12-8-9-16(2)11-14(10-15(18)19)17(12)13-6-4-3-5-7-13/h3-7,12,14H,8-11H2,1-2H3,(H,18,19). The molecule has 1 saturated heterocycles. The molecule has 1 N–H and O–H groups in total. The van der Waals surface area contributed by atoms with Gasteiger partial charge < -0.3 is 14.9 Å². The van der Waals surface area contributed by atoms with Crippen molar-refractivity contribution in [2.75, 3.05) is 25.0 Å². The summed E-state index contributed by atoms with van der Waals surface area (Å²) in [6.07, 6.45) is 1.24. The molecule has 0 saturated carbocycles. The molecule has 0 bridgehead atoms. The molecule has 19 heavy (non-hydrogen) atoms. The van der Waals surface area contributed by atoms with Crippen molar-refractivity contribution in [2.45, 2.75) is 31.8 Å². The van der Waals surface area contributed by atoms with Crippen LogP contribution >= 0.6 is 0 Å². The fourth-order valence-electron chi connectivity index (χ4n) is 2.88. The van der Waals surface area contributed by atoms with Crippen LogP contribution in [0.25, 0.3) is 0 Å². The Hall–Kier alpha value is -1.55. The van der Waals surface area contributed by atoms with Crippen LogP contribution in [0.1, 0.15) is 19.8 Å². The van der Waals surface area contributed by atoms with Crippen molar-refractivity contribution in [3.8, 4) is 0 Å². The number of carbonyl (C=O) groups is 1. The molecule has 104 valence electrons. The molecule has 2 rings (SSSR count). The minimum absolute atomic E-state index is 0.0300. The summed E-state index contributed by atoms with van der Waals surface area (Å²) in [6.45, 7) is 3.99. The Morgan fingerprint density at radius 1 is 1.37 bits per heavy atom. The van der Waals surface area contributed by atoms with E-state index in [0.29, 0.717) is 6.04 Å². The third-order valence-corrected chi connectivity index (χ3v) is 3.78. The molecule has 2 atom stereocenters. The van der Waals surface area contributed by atoms with Crippen LogP contribution < -0.4 is 4.90 Å². The topological polar surface area (TPSA) is 43.8 Å². The molecule has 1 aliphatic heterocycles. The molecule has 1 aliphatic rings. The molecule has 1 aromatic carbocycles. The first-order chi connectivity index (χ1) is 9.08. The second-order valence-electron chi connectivity index (χ2n) is 5.39. The lowest BCUT2D eigenvalue weighted by molar-refractivity contribution is -0.137. The predicted molar refractivity (Wildman–Crippen MR) is 76.5 cm³/mol. The Bertz CT molecular complexity index is 421. The van der Waals surface area contributed by atoms with Gasteiger partial charge in [-0.15, -0.1) is 0 Å². The van der Waals surface area contributed by atoms with Gasteiger partial charge in [-0.1, -0.05) is 18.2 Å². The summed E-state index contributed by atoms with van der Waals surface area (Å²) in [4.78, 5) is 15.6. The van der Waals surface area contributed by atoms with Crippen molar-refractivity contribution in [2.24, 2.45) is 0 Å². The number of anilines is 1. The average Bonchev–Trinajstić information content (AvgIpc) is 2.49. The molecular formula is C15H22N2O2. The summed E-state index contributed by atoms with van der Waals surface area (Å²) in [6, 6.07) is 10.5. The number of nitrogens with zero attached hydrogens (tertiary/aromatic N) is 2. The van der Waals surface area contributed by atoms with E-state index in [1.165, 1.54) is 0 Å². The van der Waals surface area contributed by atoms with Crippen molar-refractivity contribution in [3.63, 3.8) is 0 Å². The van der Waals surface area contributed by atoms with Crippen molar-refractivity contribution >= 4 is 11.7 Å². The number of aliphatic carboxylic acids is 1. The molecule has 1 aromatic rings. The van der Waals surface area contributed by atoms with E-state index in [2.05, 4.69) is 35.9 Å². The van der Waals surface area contributed by atoms with E-state index in [4.69, 9.17) is 5.11 Å². The Morgan fingerprint density at radius 2 is 2.05 bits per heavy atom. The van der Waals surface area contributed by atoms with Gasteiger partial charge in [0.1, 0.15) is 0 Å². The highest BCUT2D eigenvalue weighted by molar-refractivity contribution is 5.68. The van der Waals surface area contributed by atoms with Crippen LogP contribution in [0.4, 0.5) is 5.69 Å². The van der Waals surface area contributed by atoms with E-state index < -0.39 is 5.97 Å². The van der Waals surface area contributed by atoms with Crippen molar-refractivity contribution < 1.29 is 9.90 Å². The molecule has 0 aliphatic carbocycles. The second kappa shape index (κ2) is 6.06. The van der Waals surface area contributed by atoms with Crippen LogP contribution in [0.15, 0.2) is 30.3 Å². The Morgan fingerprint density at radius 3 is 2.68 bits per heavy atom. The lowest BCUT2D eigenvalue weighted by Crippen LogP contribution is -2.45. The first-order valence-corrected chi connectivity index (χ1v) is 6.81. The van der Waals surface area contributed by atoms with Gasteiger partial charge in [0.2, 0.25) is 0 Å². The monoisotopic (exact) mass is 262 g/mol. The highest BCUT2D eigenvalue weighted by Crippen LogP contribution is 2.25. The summed E-state index contributed by atoms with van der Waals surface area (Å²) in [5.41, 5.74) is 1.12. The second-order valence-corrected chi connectivity index (χ2v) is 5.39. The first kappa shape index (κ1) is 13.9. The molecule has 0 amide bonds. The van der Waals surface area contributed by atoms with Crippen LogP contribution in [-0.2, 0) is 4.79 Å². The third-order valence-electron chi connectivity index (χ3n) is 3.78. The van der Waals surface area contributed by atoms with E-state index in [9.17, 15) is 4.79 Å². The van der Waals surface area contributed by atoms with Crippen molar-refractivity contribution in [3.05, 3.63) is 30.3 Å². The number of benzene rings is 1. The molecule has 4 heteroatoms. The largest absolute Gasteiger partial charge is 0.481 e. The molecule has 1 heterocycles. The van der Waals surface area contributed by atoms with Crippen molar-refractivity contribution in [1.82, 2.24) is 4.90 Å². The summed E-state index contributed by atoms with van der Waals surface area (Å²) in [5.74, 6) is -0.728. The zero-order chi connectivity index (χ0) is 13.8. The smallest absolute Gasteiger partial charge is 0.305 e. The molecule has 1 fully saturated rings. The highest BCUT2D eigenvalue weighted by Gasteiger charge is 2.29. The Labute approximate surface area is 114 Å². The molecule has 0 aromatic heterocycles. The highest BCUT2D eigenvalue weighted by atomic mass is 16.4. The van der Waals surface area contributed by atoms with Crippen LogP contribution in [0.5, 0.6) is 0 Å². The predicted octanol–water partition coefficient (Wildman–Crippen LogP) is 2.06. The Balaban J connectivity index is 2.29. The number of rotatable bonds is 3. The maximum atomic E-state index is 11.1. The fourth-order valence-corrected chi connectivity index (χ4v) is 2.88. The minimum Gasteiger partial charge on any atom is -0.481 e. The number of likely N-dealkylation sites (N-methyl/N-ethyl adjacent to an activating group) is 1. The van der Waals surface area contributed by atoms with Crippen LogP contribution in [0.2, 0.25) is 0 Å². The van der Waals surface area contributed by atoms with Gasteiger partial charge in [-0.3, -0.25) is 4.79 Å². The number of carboxylic acid groups (broad SMARTS) is 1. The molecule has 0 spiro atoms. The van der Waals surface area contributed by atoms with E-state index in [-0.39, 0.29) is 12.5 Å². The maximum Gasteiger partial charge on any atom is 0.305 e. The first-order valence-electron chi connectivity index (χ1n) is 6.81. The summed E-state index contributed by atoms with van der Waals surface area (Å²) in [7, 11) is 2.07. The van der Waals surface area contributed by atoms with E-state index >= 15 is 0 Å². The summed E-state index contributed by atoms with van der Waals surface area (Å²) < 4.78 is 0. The van der Waals surface area contributed by atoms with Gasteiger partial charge >= 0.3 is 5.97 Å². The van der Waals surface area contributed by atoms with Crippen LogP contribution in [0.3, 0.4) is 0 Å². The minimum atomic E-state index is -0.728. The van der Waals surface area contributed by atoms with Gasteiger partial charge in [-0.25, -0.2) is 0 Å². The molecule has 4 nitrogen and oxygen atoms in total. The van der Waals surface area contributed by atoms with E-state index in [1.54, 1.807) is 0 Å². The quantitative estimate of drug-likeness (QED) is 0.905. The molecular weight excluding hydrogens is 240 g/mol.